The number of hydrogen-bond acceptors (Lipinski definition) is 8. The number of esters is 1. The number of halogens is 3. The molecule has 3 heterocycles. The molecule has 1 aliphatic heterocycles. The first-order valence-electron chi connectivity index (χ1n) is 7.88. The molecule has 0 spiro atoms. The summed E-state index contributed by atoms with van der Waals surface area (Å²) in [5.41, 5.74) is -0.251. The SMILES string of the molecule is CCc1nc(C2CCOC2=O)sc1Nc1ncc(C(F)(F)F)c(NC)n1. The van der Waals surface area contributed by atoms with Crippen LogP contribution in [0.5, 0.6) is 0 Å². The molecule has 0 radical (unpaired) electrons. The largest absolute Gasteiger partial charge is 0.465 e. The molecule has 2 N–H and O–H groups in total. The smallest absolute Gasteiger partial charge is 0.421 e. The van der Waals surface area contributed by atoms with Gasteiger partial charge in [0.25, 0.3) is 0 Å². The Labute approximate surface area is 151 Å². The maximum absolute atomic E-state index is 12.9. The van der Waals surface area contributed by atoms with E-state index < -0.39 is 17.7 Å². The Morgan fingerprint density at radius 2 is 2.15 bits per heavy atom. The molecular formula is C15H16F3N5O2S. The molecule has 0 aromatic carbocycles. The number of aryl methyl sites for hydroxylation is 1. The minimum atomic E-state index is -4.55. The zero-order valence-electron chi connectivity index (χ0n) is 14.0. The molecular weight excluding hydrogens is 371 g/mol. The van der Waals surface area contributed by atoms with E-state index in [9.17, 15) is 18.0 Å². The Kier molecular flexibility index (Phi) is 4.99. The summed E-state index contributed by atoms with van der Waals surface area (Å²) in [6.07, 6.45) is -2.68. The number of anilines is 3. The van der Waals surface area contributed by atoms with Crippen molar-refractivity contribution in [2.75, 3.05) is 24.3 Å². The first-order valence-corrected chi connectivity index (χ1v) is 8.70. The van der Waals surface area contributed by atoms with Gasteiger partial charge in [-0.2, -0.15) is 18.2 Å². The van der Waals surface area contributed by atoms with E-state index in [2.05, 4.69) is 25.6 Å². The highest BCUT2D eigenvalue weighted by atomic mass is 32.1. The van der Waals surface area contributed by atoms with Crippen molar-refractivity contribution in [3.8, 4) is 0 Å². The summed E-state index contributed by atoms with van der Waals surface area (Å²) in [6, 6.07) is 0. The van der Waals surface area contributed by atoms with Crippen LogP contribution in [0.15, 0.2) is 6.20 Å². The van der Waals surface area contributed by atoms with Crippen molar-refractivity contribution < 1.29 is 22.7 Å². The molecule has 2 aromatic rings. The average Bonchev–Trinajstić information content (AvgIpc) is 3.19. The summed E-state index contributed by atoms with van der Waals surface area (Å²) in [5, 5.41) is 6.56. The Bertz CT molecular complexity index is 824. The number of aromatic nitrogens is 3. The number of ether oxygens (including phenoxy) is 1. The first kappa shape index (κ1) is 18.4. The molecule has 0 saturated carbocycles. The van der Waals surface area contributed by atoms with Gasteiger partial charge in [0.1, 0.15) is 27.3 Å². The van der Waals surface area contributed by atoms with Crippen LogP contribution in [-0.2, 0) is 22.1 Å². The topological polar surface area (TPSA) is 89.0 Å². The maximum atomic E-state index is 12.9. The number of hydrogen-bond donors (Lipinski definition) is 2. The molecule has 1 unspecified atom stereocenters. The highest BCUT2D eigenvalue weighted by Gasteiger charge is 2.35. The monoisotopic (exact) mass is 387 g/mol. The standard InChI is InChI=1S/C15H16F3N5O2S/c1-3-9-12(26-11(21-9)7-4-5-25-13(7)24)23-14-20-6-8(15(16,17)18)10(19-2)22-14/h6-7H,3-5H2,1-2H3,(H2,19,20,22,23). The number of thiazole rings is 1. The predicted molar refractivity (Wildman–Crippen MR) is 89.7 cm³/mol. The summed E-state index contributed by atoms with van der Waals surface area (Å²) >= 11 is 1.26. The number of carbonyl (C=O) groups is 1. The van der Waals surface area contributed by atoms with Crippen LogP contribution >= 0.6 is 11.3 Å². The van der Waals surface area contributed by atoms with Gasteiger partial charge in [0.2, 0.25) is 5.95 Å². The second-order valence-electron chi connectivity index (χ2n) is 5.52. The highest BCUT2D eigenvalue weighted by molar-refractivity contribution is 7.16. The van der Waals surface area contributed by atoms with Gasteiger partial charge < -0.3 is 15.4 Å². The van der Waals surface area contributed by atoms with E-state index in [0.29, 0.717) is 35.2 Å². The van der Waals surface area contributed by atoms with Gasteiger partial charge in [-0.05, 0) is 6.42 Å². The van der Waals surface area contributed by atoms with Crippen molar-refractivity contribution in [1.29, 1.82) is 0 Å². The minimum Gasteiger partial charge on any atom is -0.465 e. The zero-order chi connectivity index (χ0) is 18.9. The molecule has 1 aliphatic rings. The summed E-state index contributed by atoms with van der Waals surface area (Å²) in [5.74, 6) is -1.02. The molecule has 1 atom stereocenters. The van der Waals surface area contributed by atoms with Crippen molar-refractivity contribution in [1.82, 2.24) is 15.0 Å². The number of rotatable bonds is 5. The third kappa shape index (κ3) is 3.57. The molecule has 0 amide bonds. The Morgan fingerprint density at radius 1 is 1.38 bits per heavy atom. The molecule has 140 valence electrons. The van der Waals surface area contributed by atoms with Crippen molar-refractivity contribution in [2.24, 2.45) is 0 Å². The van der Waals surface area contributed by atoms with E-state index in [1.165, 1.54) is 18.4 Å². The number of carbonyl (C=O) groups excluding carboxylic acids is 1. The quantitative estimate of drug-likeness (QED) is 0.761. The van der Waals surface area contributed by atoms with E-state index in [0.717, 1.165) is 6.20 Å². The molecule has 2 aromatic heterocycles. The normalized spacial score (nSPS) is 17.3. The Hall–Kier alpha value is -2.43. The molecule has 26 heavy (non-hydrogen) atoms. The van der Waals surface area contributed by atoms with Crippen molar-refractivity contribution in [3.05, 3.63) is 22.5 Å². The number of nitrogens with one attached hydrogen (secondary N) is 2. The van der Waals surface area contributed by atoms with Gasteiger partial charge in [0.05, 0.1) is 12.3 Å². The fraction of sp³-hybridized carbons (Fsp3) is 0.467. The van der Waals surface area contributed by atoms with E-state index in [-0.39, 0.29) is 17.7 Å². The molecule has 0 bridgehead atoms. The van der Waals surface area contributed by atoms with Crippen molar-refractivity contribution >= 4 is 34.1 Å². The van der Waals surface area contributed by atoms with Crippen LogP contribution in [0.3, 0.4) is 0 Å². The van der Waals surface area contributed by atoms with Crippen molar-refractivity contribution in [3.63, 3.8) is 0 Å². The third-order valence-electron chi connectivity index (χ3n) is 3.84. The van der Waals surface area contributed by atoms with E-state index >= 15 is 0 Å². The lowest BCUT2D eigenvalue weighted by Gasteiger charge is -2.12. The zero-order valence-corrected chi connectivity index (χ0v) is 14.8. The van der Waals surface area contributed by atoms with Crippen LogP contribution in [-0.4, -0.2) is 34.6 Å². The summed E-state index contributed by atoms with van der Waals surface area (Å²) in [7, 11) is 1.36. The van der Waals surface area contributed by atoms with Gasteiger partial charge in [0, 0.05) is 19.7 Å². The van der Waals surface area contributed by atoms with Crippen LogP contribution in [0, 0.1) is 0 Å². The van der Waals surface area contributed by atoms with Gasteiger partial charge in [0.15, 0.2) is 0 Å². The molecule has 11 heteroatoms. The van der Waals surface area contributed by atoms with Crippen LogP contribution in [0.4, 0.5) is 29.9 Å². The number of cyclic esters (lactones) is 1. The van der Waals surface area contributed by atoms with Crippen LogP contribution in [0.2, 0.25) is 0 Å². The van der Waals surface area contributed by atoms with E-state index in [1.807, 2.05) is 6.92 Å². The minimum absolute atomic E-state index is 0.0150. The highest BCUT2D eigenvalue weighted by Crippen LogP contribution is 2.37. The van der Waals surface area contributed by atoms with Crippen LogP contribution < -0.4 is 10.6 Å². The first-order chi connectivity index (χ1) is 12.3. The van der Waals surface area contributed by atoms with Gasteiger partial charge in [-0.15, -0.1) is 11.3 Å². The fourth-order valence-electron chi connectivity index (χ4n) is 2.52. The maximum Gasteiger partial charge on any atom is 0.421 e. The molecule has 1 saturated heterocycles. The van der Waals surface area contributed by atoms with Crippen LogP contribution in [0.25, 0.3) is 0 Å². The lowest BCUT2D eigenvalue weighted by atomic mass is 10.1. The summed E-state index contributed by atoms with van der Waals surface area (Å²) < 4.78 is 43.8. The molecule has 3 rings (SSSR count). The second-order valence-corrected chi connectivity index (χ2v) is 6.55. The molecule has 7 nitrogen and oxygen atoms in total. The second kappa shape index (κ2) is 7.06. The third-order valence-corrected chi connectivity index (χ3v) is 4.97. The lowest BCUT2D eigenvalue weighted by molar-refractivity contribution is -0.139. The van der Waals surface area contributed by atoms with Gasteiger partial charge >= 0.3 is 12.1 Å². The van der Waals surface area contributed by atoms with E-state index in [1.54, 1.807) is 0 Å². The van der Waals surface area contributed by atoms with Gasteiger partial charge in [-0.3, -0.25) is 4.79 Å². The fourth-order valence-corrected chi connectivity index (χ4v) is 3.69. The van der Waals surface area contributed by atoms with Gasteiger partial charge in [-0.1, -0.05) is 6.92 Å². The van der Waals surface area contributed by atoms with Crippen molar-refractivity contribution in [2.45, 2.75) is 31.9 Å². The molecule has 0 aliphatic carbocycles. The number of alkyl halides is 3. The Balaban J connectivity index is 1.89. The molecule has 1 fully saturated rings. The van der Waals surface area contributed by atoms with Gasteiger partial charge in [-0.25, -0.2) is 9.97 Å². The number of nitrogens with zero attached hydrogens (tertiary/aromatic N) is 3. The lowest BCUT2D eigenvalue weighted by Crippen LogP contribution is -2.12. The van der Waals surface area contributed by atoms with Crippen LogP contribution in [0.1, 0.15) is 35.5 Å². The van der Waals surface area contributed by atoms with E-state index in [4.69, 9.17) is 4.74 Å². The summed E-state index contributed by atoms with van der Waals surface area (Å²) in [4.78, 5) is 23.8. The average molecular weight is 387 g/mol. The Morgan fingerprint density at radius 3 is 2.73 bits per heavy atom. The summed E-state index contributed by atoms with van der Waals surface area (Å²) in [6.45, 7) is 2.25. The predicted octanol–water partition coefficient (Wildman–Crippen LogP) is 3.33.